The topological polar surface area (TPSA) is 85.8 Å². The number of pyridine rings is 3. The fourth-order valence-electron chi connectivity index (χ4n) is 5.02. The first-order valence-corrected chi connectivity index (χ1v) is 11.0. The van der Waals surface area contributed by atoms with Crippen molar-refractivity contribution in [3.8, 4) is 11.3 Å². The maximum atomic E-state index is 13.2. The fourth-order valence-corrected chi connectivity index (χ4v) is 5.02. The van der Waals surface area contributed by atoms with E-state index in [0.29, 0.717) is 12.8 Å². The predicted octanol–water partition coefficient (Wildman–Crippen LogP) is 3.97. The lowest BCUT2D eigenvalue weighted by molar-refractivity contribution is 0.111. The molecule has 0 atom stereocenters. The van der Waals surface area contributed by atoms with E-state index < -0.39 is 0 Å². The number of nitrogens with zero attached hydrogens (tertiary/aromatic N) is 5. The van der Waals surface area contributed by atoms with Gasteiger partial charge in [-0.25, -0.2) is 9.78 Å². The molecule has 4 heterocycles. The Kier molecular flexibility index (Phi) is 4.33. The summed E-state index contributed by atoms with van der Waals surface area (Å²) in [6, 6.07) is 14.0. The maximum absolute atomic E-state index is 13.2. The zero-order valence-electron chi connectivity index (χ0n) is 17.8. The van der Waals surface area contributed by atoms with Gasteiger partial charge in [-0.15, -0.1) is 0 Å². The van der Waals surface area contributed by atoms with Crippen LogP contribution in [0.4, 0.5) is 0 Å². The molecule has 0 bridgehead atoms. The average Bonchev–Trinajstić information content (AvgIpc) is 3.09. The molecule has 160 valence electrons. The fraction of sp³-hybridized carbons (Fsp3) is 0.280. The number of hydrogen-bond donors (Lipinski definition) is 1. The van der Waals surface area contributed by atoms with E-state index in [-0.39, 0.29) is 17.8 Å². The SMILES string of the molecule is Cn1c(=O)n(C2CCC(O)CC2)c2c3nc(-c4cccc5ncccc45)ccc3ncc21. The van der Waals surface area contributed by atoms with Crippen molar-refractivity contribution >= 4 is 33.0 Å². The van der Waals surface area contributed by atoms with Gasteiger partial charge >= 0.3 is 5.69 Å². The minimum atomic E-state index is -0.278. The summed E-state index contributed by atoms with van der Waals surface area (Å²) in [7, 11) is 1.78. The smallest absolute Gasteiger partial charge is 0.329 e. The van der Waals surface area contributed by atoms with Crippen LogP contribution in [0.15, 0.2) is 59.7 Å². The van der Waals surface area contributed by atoms with E-state index in [4.69, 9.17) is 4.98 Å². The highest BCUT2D eigenvalue weighted by Crippen LogP contribution is 2.33. The van der Waals surface area contributed by atoms with Gasteiger partial charge in [-0.2, -0.15) is 0 Å². The zero-order chi connectivity index (χ0) is 21.8. The van der Waals surface area contributed by atoms with Crippen LogP contribution in [0.2, 0.25) is 0 Å². The lowest BCUT2D eigenvalue weighted by Gasteiger charge is -2.26. The Morgan fingerprint density at radius 2 is 1.81 bits per heavy atom. The lowest BCUT2D eigenvalue weighted by Crippen LogP contribution is -2.29. The van der Waals surface area contributed by atoms with Gasteiger partial charge < -0.3 is 5.11 Å². The second-order valence-electron chi connectivity index (χ2n) is 8.61. The van der Waals surface area contributed by atoms with E-state index >= 15 is 0 Å². The van der Waals surface area contributed by atoms with Crippen LogP contribution in [0.5, 0.6) is 0 Å². The molecule has 5 aromatic rings. The molecule has 1 N–H and O–H groups in total. The molecule has 0 amide bonds. The van der Waals surface area contributed by atoms with E-state index in [9.17, 15) is 9.90 Å². The number of imidazole rings is 1. The number of aryl methyl sites for hydroxylation is 1. The molecule has 0 saturated heterocycles. The maximum Gasteiger partial charge on any atom is 0.329 e. The van der Waals surface area contributed by atoms with Crippen LogP contribution in [0, 0.1) is 0 Å². The van der Waals surface area contributed by atoms with Crippen molar-refractivity contribution in [1.82, 2.24) is 24.1 Å². The van der Waals surface area contributed by atoms with Gasteiger partial charge in [-0.3, -0.25) is 19.1 Å². The minimum absolute atomic E-state index is 0.0485. The second kappa shape index (κ2) is 7.24. The molecule has 7 heteroatoms. The van der Waals surface area contributed by atoms with Crippen LogP contribution >= 0.6 is 0 Å². The summed E-state index contributed by atoms with van der Waals surface area (Å²) in [4.78, 5) is 27.3. The first-order valence-electron chi connectivity index (χ1n) is 11.0. The number of hydrogen-bond acceptors (Lipinski definition) is 5. The van der Waals surface area contributed by atoms with Crippen LogP contribution < -0.4 is 5.69 Å². The molecule has 1 aliphatic rings. The summed E-state index contributed by atoms with van der Waals surface area (Å²) in [6.07, 6.45) is 6.24. The number of aliphatic hydroxyl groups excluding tert-OH is 1. The molecule has 1 saturated carbocycles. The van der Waals surface area contributed by atoms with Crippen LogP contribution in [-0.4, -0.2) is 35.3 Å². The molecule has 0 unspecified atom stereocenters. The standard InChI is InChI=1S/C25H23N5O2/c1-29-22-14-27-21-12-11-20(18-4-2-6-19-17(18)5-3-13-26-19)28-23(21)24(22)30(25(29)32)15-7-9-16(31)10-8-15/h2-6,11-16,31H,7-10H2,1H3. The molecule has 6 rings (SSSR count). The first kappa shape index (κ1) is 19.1. The molecular formula is C25H23N5O2. The Morgan fingerprint density at radius 3 is 2.66 bits per heavy atom. The van der Waals surface area contributed by atoms with E-state index in [1.54, 1.807) is 24.0 Å². The average molecular weight is 425 g/mol. The van der Waals surface area contributed by atoms with Gasteiger partial charge in [0.1, 0.15) is 5.52 Å². The van der Waals surface area contributed by atoms with Crippen molar-refractivity contribution in [1.29, 1.82) is 0 Å². The van der Waals surface area contributed by atoms with Gasteiger partial charge in [-0.1, -0.05) is 18.2 Å². The molecule has 1 fully saturated rings. The number of fused-ring (bicyclic) bond motifs is 4. The highest BCUT2D eigenvalue weighted by molar-refractivity contribution is 6.02. The third kappa shape index (κ3) is 2.85. The summed E-state index contributed by atoms with van der Waals surface area (Å²) < 4.78 is 3.54. The number of rotatable bonds is 2. The van der Waals surface area contributed by atoms with Crippen molar-refractivity contribution in [3.05, 3.63) is 65.3 Å². The third-order valence-corrected chi connectivity index (χ3v) is 6.72. The van der Waals surface area contributed by atoms with Crippen LogP contribution in [0.1, 0.15) is 31.7 Å². The van der Waals surface area contributed by atoms with E-state index in [1.807, 2.05) is 47.0 Å². The summed E-state index contributed by atoms with van der Waals surface area (Å²) in [5.41, 5.74) is 5.77. The number of aromatic nitrogens is 5. The minimum Gasteiger partial charge on any atom is -0.393 e. The Balaban J connectivity index is 1.63. The predicted molar refractivity (Wildman–Crippen MR) is 125 cm³/mol. The molecule has 32 heavy (non-hydrogen) atoms. The van der Waals surface area contributed by atoms with Crippen molar-refractivity contribution in [2.24, 2.45) is 7.05 Å². The zero-order valence-corrected chi connectivity index (χ0v) is 17.8. The molecule has 0 spiro atoms. The molecule has 1 aliphatic carbocycles. The normalized spacial score (nSPS) is 19.2. The first-order chi connectivity index (χ1) is 15.6. The van der Waals surface area contributed by atoms with Crippen molar-refractivity contribution < 1.29 is 5.11 Å². The summed E-state index contributed by atoms with van der Waals surface area (Å²) in [5.74, 6) is 0. The van der Waals surface area contributed by atoms with E-state index in [2.05, 4.69) is 9.97 Å². The van der Waals surface area contributed by atoms with Crippen LogP contribution in [0.25, 0.3) is 44.2 Å². The molecule has 0 radical (unpaired) electrons. The van der Waals surface area contributed by atoms with Crippen molar-refractivity contribution in [2.45, 2.75) is 37.8 Å². The van der Waals surface area contributed by atoms with Gasteiger partial charge in [0.05, 0.1) is 40.1 Å². The quantitative estimate of drug-likeness (QED) is 0.462. The molecule has 0 aliphatic heterocycles. The van der Waals surface area contributed by atoms with Gasteiger partial charge in [0, 0.05) is 30.2 Å². The number of aliphatic hydroxyl groups is 1. The van der Waals surface area contributed by atoms with Crippen LogP contribution in [-0.2, 0) is 7.05 Å². The number of benzene rings is 1. The van der Waals surface area contributed by atoms with Crippen molar-refractivity contribution in [3.63, 3.8) is 0 Å². The summed E-state index contributed by atoms with van der Waals surface area (Å²) >= 11 is 0. The molecule has 7 nitrogen and oxygen atoms in total. The lowest BCUT2D eigenvalue weighted by atomic mass is 9.93. The molecule has 4 aromatic heterocycles. The Morgan fingerprint density at radius 1 is 0.969 bits per heavy atom. The third-order valence-electron chi connectivity index (χ3n) is 6.72. The van der Waals surface area contributed by atoms with Gasteiger partial charge in [0.2, 0.25) is 0 Å². The van der Waals surface area contributed by atoms with E-state index in [0.717, 1.165) is 57.1 Å². The van der Waals surface area contributed by atoms with Crippen LogP contribution in [0.3, 0.4) is 0 Å². The molecular weight excluding hydrogens is 402 g/mol. The monoisotopic (exact) mass is 425 g/mol. The van der Waals surface area contributed by atoms with Gasteiger partial charge in [0.15, 0.2) is 0 Å². The Labute approximate surface area is 184 Å². The van der Waals surface area contributed by atoms with Crippen molar-refractivity contribution in [2.75, 3.05) is 0 Å². The summed E-state index contributed by atoms with van der Waals surface area (Å²) in [6.45, 7) is 0. The summed E-state index contributed by atoms with van der Waals surface area (Å²) in [5, 5.41) is 11.0. The Bertz CT molecular complexity index is 1540. The van der Waals surface area contributed by atoms with Gasteiger partial charge in [-0.05, 0) is 49.9 Å². The Hall–Kier alpha value is -3.58. The van der Waals surface area contributed by atoms with Gasteiger partial charge in [0.25, 0.3) is 0 Å². The highest BCUT2D eigenvalue weighted by Gasteiger charge is 2.26. The second-order valence-corrected chi connectivity index (χ2v) is 8.61. The largest absolute Gasteiger partial charge is 0.393 e. The molecule has 1 aromatic carbocycles. The highest BCUT2D eigenvalue weighted by atomic mass is 16.3. The van der Waals surface area contributed by atoms with E-state index in [1.165, 1.54) is 0 Å².